The molecular weight excluding hydrogens is 297 g/mol. The van der Waals surface area contributed by atoms with E-state index in [0.29, 0.717) is 6.54 Å². The van der Waals surface area contributed by atoms with Crippen molar-refractivity contribution in [2.24, 2.45) is 0 Å². The minimum atomic E-state index is -0.660. The minimum absolute atomic E-state index is 0.0675. The molecule has 0 spiro atoms. The van der Waals surface area contributed by atoms with Crippen LogP contribution in [-0.4, -0.2) is 37.0 Å². The van der Waals surface area contributed by atoms with Gasteiger partial charge >= 0.3 is 5.97 Å². The van der Waals surface area contributed by atoms with Gasteiger partial charge in [0.25, 0.3) is 5.91 Å². The van der Waals surface area contributed by atoms with Gasteiger partial charge in [-0.2, -0.15) is 0 Å². The number of hydrogen-bond donors (Lipinski definition) is 0. The molecule has 0 atom stereocenters. The van der Waals surface area contributed by atoms with E-state index in [9.17, 15) is 14.0 Å². The molecular formula is C15H19ClFNO3. The SMILES string of the molecule is CCCCN(CCC(=O)OC)C(=O)c1c(F)cccc1Cl. The van der Waals surface area contributed by atoms with Gasteiger partial charge in [0.15, 0.2) is 0 Å². The summed E-state index contributed by atoms with van der Waals surface area (Å²) >= 11 is 5.91. The zero-order chi connectivity index (χ0) is 15.8. The largest absolute Gasteiger partial charge is 0.469 e. The molecule has 21 heavy (non-hydrogen) atoms. The second-order valence-electron chi connectivity index (χ2n) is 4.57. The van der Waals surface area contributed by atoms with Gasteiger partial charge < -0.3 is 9.64 Å². The van der Waals surface area contributed by atoms with Crippen LogP contribution in [0.4, 0.5) is 4.39 Å². The van der Waals surface area contributed by atoms with Gasteiger partial charge in [0.05, 0.1) is 24.1 Å². The molecule has 0 radical (unpaired) electrons. The number of nitrogens with zero attached hydrogens (tertiary/aromatic N) is 1. The minimum Gasteiger partial charge on any atom is -0.469 e. The molecule has 0 aliphatic rings. The fourth-order valence-electron chi connectivity index (χ4n) is 1.85. The van der Waals surface area contributed by atoms with Crippen molar-refractivity contribution in [2.45, 2.75) is 26.2 Å². The summed E-state index contributed by atoms with van der Waals surface area (Å²) in [6, 6.07) is 4.10. The standard InChI is InChI=1S/C15H19ClFNO3/c1-3-4-9-18(10-8-13(19)21-2)15(20)14-11(16)6-5-7-12(14)17/h5-7H,3-4,8-10H2,1-2H3. The summed E-state index contributed by atoms with van der Waals surface area (Å²) in [5.74, 6) is -1.58. The summed E-state index contributed by atoms with van der Waals surface area (Å²) < 4.78 is 18.4. The Morgan fingerprint density at radius 1 is 1.33 bits per heavy atom. The van der Waals surface area contributed by atoms with E-state index < -0.39 is 17.7 Å². The number of carbonyl (C=O) groups excluding carboxylic acids is 2. The molecule has 1 rings (SSSR count). The normalized spacial score (nSPS) is 10.3. The highest BCUT2D eigenvalue weighted by molar-refractivity contribution is 6.33. The monoisotopic (exact) mass is 315 g/mol. The van der Waals surface area contributed by atoms with Crippen molar-refractivity contribution in [3.63, 3.8) is 0 Å². The first-order valence-electron chi connectivity index (χ1n) is 6.81. The van der Waals surface area contributed by atoms with Crippen molar-refractivity contribution in [1.82, 2.24) is 4.90 Å². The first kappa shape index (κ1) is 17.4. The predicted octanol–water partition coefficient (Wildman–Crippen LogP) is 3.28. The first-order chi connectivity index (χ1) is 10.0. The highest BCUT2D eigenvalue weighted by Crippen LogP contribution is 2.21. The zero-order valence-corrected chi connectivity index (χ0v) is 13.0. The molecule has 1 aromatic carbocycles. The lowest BCUT2D eigenvalue weighted by Gasteiger charge is -2.22. The lowest BCUT2D eigenvalue weighted by molar-refractivity contribution is -0.140. The van der Waals surface area contributed by atoms with E-state index in [1.54, 1.807) is 0 Å². The summed E-state index contributed by atoms with van der Waals surface area (Å²) in [7, 11) is 1.29. The van der Waals surface area contributed by atoms with Crippen LogP contribution in [0.25, 0.3) is 0 Å². The van der Waals surface area contributed by atoms with Crippen LogP contribution in [0.5, 0.6) is 0 Å². The van der Waals surface area contributed by atoms with E-state index in [-0.39, 0.29) is 23.6 Å². The van der Waals surface area contributed by atoms with Crippen molar-refractivity contribution < 1.29 is 18.7 Å². The number of methoxy groups -OCH3 is 1. The molecule has 1 aromatic rings. The van der Waals surface area contributed by atoms with Crippen molar-refractivity contribution >= 4 is 23.5 Å². The average molecular weight is 316 g/mol. The Hall–Kier alpha value is -1.62. The van der Waals surface area contributed by atoms with Crippen LogP contribution >= 0.6 is 11.6 Å². The van der Waals surface area contributed by atoms with Crippen LogP contribution < -0.4 is 0 Å². The molecule has 1 amide bonds. The van der Waals surface area contributed by atoms with Gasteiger partial charge in [-0.05, 0) is 18.6 Å². The van der Waals surface area contributed by atoms with Crippen LogP contribution in [0.2, 0.25) is 5.02 Å². The summed E-state index contributed by atoms with van der Waals surface area (Å²) in [4.78, 5) is 25.1. The highest BCUT2D eigenvalue weighted by Gasteiger charge is 2.22. The average Bonchev–Trinajstić information content (AvgIpc) is 2.46. The van der Waals surface area contributed by atoms with Crippen LogP contribution in [0, 0.1) is 5.82 Å². The second kappa shape index (κ2) is 8.62. The Bertz CT molecular complexity index is 487. The van der Waals surface area contributed by atoms with Gasteiger partial charge in [0, 0.05) is 13.1 Å². The fourth-order valence-corrected chi connectivity index (χ4v) is 2.10. The quantitative estimate of drug-likeness (QED) is 0.725. The number of esters is 1. The van der Waals surface area contributed by atoms with Crippen LogP contribution in [-0.2, 0) is 9.53 Å². The molecule has 0 saturated heterocycles. The summed E-state index contributed by atoms with van der Waals surface area (Å²) in [5.41, 5.74) is -0.153. The molecule has 116 valence electrons. The number of benzene rings is 1. The lowest BCUT2D eigenvalue weighted by atomic mass is 10.1. The predicted molar refractivity (Wildman–Crippen MR) is 78.9 cm³/mol. The number of hydrogen-bond acceptors (Lipinski definition) is 3. The summed E-state index contributed by atoms with van der Waals surface area (Å²) in [6.07, 6.45) is 1.71. The zero-order valence-electron chi connectivity index (χ0n) is 12.2. The van der Waals surface area contributed by atoms with Gasteiger partial charge in [-0.1, -0.05) is 31.0 Å². The number of carbonyl (C=O) groups is 2. The third-order valence-electron chi connectivity index (χ3n) is 3.06. The Labute approximate surface area is 128 Å². The van der Waals surface area contributed by atoms with Crippen molar-refractivity contribution in [3.8, 4) is 0 Å². The summed E-state index contributed by atoms with van der Waals surface area (Å²) in [5, 5.41) is 0.0690. The van der Waals surface area contributed by atoms with Crippen LogP contribution in [0.15, 0.2) is 18.2 Å². The topological polar surface area (TPSA) is 46.6 Å². The summed E-state index contributed by atoms with van der Waals surface area (Å²) in [6.45, 7) is 2.60. The number of ether oxygens (including phenoxy) is 1. The van der Waals surface area contributed by atoms with E-state index in [2.05, 4.69) is 4.74 Å². The van der Waals surface area contributed by atoms with E-state index in [4.69, 9.17) is 11.6 Å². The molecule has 4 nitrogen and oxygen atoms in total. The van der Waals surface area contributed by atoms with E-state index in [1.165, 1.54) is 30.2 Å². The molecule has 0 bridgehead atoms. The third-order valence-corrected chi connectivity index (χ3v) is 3.37. The molecule has 0 unspecified atom stereocenters. The van der Waals surface area contributed by atoms with Gasteiger partial charge in [0.1, 0.15) is 5.82 Å². The Morgan fingerprint density at radius 3 is 2.62 bits per heavy atom. The maximum Gasteiger partial charge on any atom is 0.307 e. The maximum atomic E-state index is 13.8. The molecule has 0 aliphatic carbocycles. The maximum absolute atomic E-state index is 13.8. The van der Waals surface area contributed by atoms with Crippen molar-refractivity contribution in [3.05, 3.63) is 34.6 Å². The number of amides is 1. The number of rotatable bonds is 7. The van der Waals surface area contributed by atoms with E-state index >= 15 is 0 Å². The number of unbranched alkanes of at least 4 members (excludes halogenated alkanes) is 1. The molecule has 0 saturated carbocycles. The van der Waals surface area contributed by atoms with Gasteiger partial charge in [-0.15, -0.1) is 0 Å². The lowest BCUT2D eigenvalue weighted by Crippen LogP contribution is -2.34. The van der Waals surface area contributed by atoms with Gasteiger partial charge in [-0.3, -0.25) is 9.59 Å². The first-order valence-corrected chi connectivity index (χ1v) is 7.19. The molecule has 0 aliphatic heterocycles. The van der Waals surface area contributed by atoms with Crippen molar-refractivity contribution in [1.29, 1.82) is 0 Å². The molecule has 0 aromatic heterocycles. The Morgan fingerprint density at radius 2 is 2.05 bits per heavy atom. The smallest absolute Gasteiger partial charge is 0.307 e. The number of halogens is 2. The van der Waals surface area contributed by atoms with Crippen LogP contribution in [0.1, 0.15) is 36.5 Å². The van der Waals surface area contributed by atoms with E-state index in [0.717, 1.165) is 12.8 Å². The third kappa shape index (κ3) is 5.01. The highest BCUT2D eigenvalue weighted by atomic mass is 35.5. The van der Waals surface area contributed by atoms with Crippen molar-refractivity contribution in [2.75, 3.05) is 20.2 Å². The second-order valence-corrected chi connectivity index (χ2v) is 4.98. The molecule has 0 fully saturated rings. The van der Waals surface area contributed by atoms with Gasteiger partial charge in [-0.25, -0.2) is 4.39 Å². The van der Waals surface area contributed by atoms with Gasteiger partial charge in [0.2, 0.25) is 0 Å². The molecule has 0 heterocycles. The Kier molecular flexibility index (Phi) is 7.15. The molecule has 0 N–H and O–H groups in total. The van der Waals surface area contributed by atoms with E-state index in [1.807, 2.05) is 6.92 Å². The fraction of sp³-hybridized carbons (Fsp3) is 0.467. The van der Waals surface area contributed by atoms with Crippen LogP contribution in [0.3, 0.4) is 0 Å². The Balaban J connectivity index is 2.91. The molecule has 6 heteroatoms.